The number of nitrogens with two attached hydrogens (primary N) is 1. The number of ether oxygens (including phenoxy) is 1. The van der Waals surface area contributed by atoms with E-state index in [9.17, 15) is 9.59 Å². The number of rotatable bonds is 2. The van der Waals surface area contributed by atoms with Gasteiger partial charge in [-0.3, -0.25) is 9.59 Å². The van der Waals surface area contributed by atoms with Crippen molar-refractivity contribution in [1.82, 2.24) is 4.90 Å². The third-order valence-electron chi connectivity index (χ3n) is 2.85. The van der Waals surface area contributed by atoms with Crippen LogP contribution in [-0.4, -0.2) is 42.0 Å². The first-order valence-electron chi connectivity index (χ1n) is 5.28. The lowest BCUT2D eigenvalue weighted by Crippen LogP contribution is -2.58. The SMILES string of the molecule is C[C@@]1(C(N)=O)CN(C(=O)c2ccsc2)CCO1. The molecule has 0 bridgehead atoms. The molecule has 2 N–H and O–H groups in total. The van der Waals surface area contributed by atoms with Crippen molar-refractivity contribution < 1.29 is 14.3 Å². The Kier molecular flexibility index (Phi) is 3.17. The van der Waals surface area contributed by atoms with Crippen molar-refractivity contribution in [2.45, 2.75) is 12.5 Å². The van der Waals surface area contributed by atoms with Crippen LogP contribution in [0.4, 0.5) is 0 Å². The first-order valence-corrected chi connectivity index (χ1v) is 6.22. The van der Waals surface area contributed by atoms with E-state index in [-0.39, 0.29) is 12.5 Å². The average molecular weight is 254 g/mol. The monoisotopic (exact) mass is 254 g/mol. The lowest BCUT2D eigenvalue weighted by atomic mass is 10.0. The largest absolute Gasteiger partial charge is 0.367 e. The van der Waals surface area contributed by atoms with E-state index in [0.717, 1.165) is 0 Å². The Morgan fingerprint density at radius 1 is 1.59 bits per heavy atom. The molecule has 1 fully saturated rings. The van der Waals surface area contributed by atoms with Crippen molar-refractivity contribution in [1.29, 1.82) is 0 Å². The van der Waals surface area contributed by atoms with Gasteiger partial charge in [0.25, 0.3) is 11.8 Å². The normalized spacial score (nSPS) is 24.6. The molecule has 92 valence electrons. The van der Waals surface area contributed by atoms with Gasteiger partial charge in [-0.1, -0.05) is 0 Å². The molecule has 0 unspecified atom stereocenters. The summed E-state index contributed by atoms with van der Waals surface area (Å²) in [7, 11) is 0. The average Bonchev–Trinajstić information content (AvgIpc) is 2.81. The summed E-state index contributed by atoms with van der Waals surface area (Å²) in [5.74, 6) is -0.623. The quantitative estimate of drug-likeness (QED) is 0.833. The number of hydrogen-bond acceptors (Lipinski definition) is 4. The van der Waals surface area contributed by atoms with Crippen molar-refractivity contribution in [3.63, 3.8) is 0 Å². The van der Waals surface area contributed by atoms with E-state index in [1.807, 2.05) is 5.38 Å². The van der Waals surface area contributed by atoms with Crippen LogP contribution in [0.15, 0.2) is 16.8 Å². The highest BCUT2D eigenvalue weighted by Gasteiger charge is 2.39. The highest BCUT2D eigenvalue weighted by molar-refractivity contribution is 7.08. The number of morpholine rings is 1. The first kappa shape index (κ1) is 12.1. The van der Waals surface area contributed by atoms with Gasteiger partial charge in [-0.05, 0) is 18.4 Å². The number of amides is 2. The van der Waals surface area contributed by atoms with Crippen LogP contribution in [0.1, 0.15) is 17.3 Å². The zero-order valence-electron chi connectivity index (χ0n) is 9.51. The second kappa shape index (κ2) is 4.46. The predicted octanol–water partition coefficient (Wildman–Crippen LogP) is 0.464. The Morgan fingerprint density at radius 3 is 2.94 bits per heavy atom. The Balaban J connectivity index is 2.13. The van der Waals surface area contributed by atoms with E-state index in [1.54, 1.807) is 23.3 Å². The van der Waals surface area contributed by atoms with Crippen LogP contribution in [0.2, 0.25) is 0 Å². The van der Waals surface area contributed by atoms with Gasteiger partial charge in [0.2, 0.25) is 0 Å². The topological polar surface area (TPSA) is 72.6 Å². The molecule has 2 rings (SSSR count). The van der Waals surface area contributed by atoms with E-state index in [0.29, 0.717) is 18.7 Å². The summed E-state index contributed by atoms with van der Waals surface area (Å²) in [6, 6.07) is 1.77. The van der Waals surface area contributed by atoms with Gasteiger partial charge in [0, 0.05) is 11.9 Å². The van der Waals surface area contributed by atoms with E-state index in [1.165, 1.54) is 11.3 Å². The van der Waals surface area contributed by atoms with Gasteiger partial charge >= 0.3 is 0 Å². The lowest BCUT2D eigenvalue weighted by Gasteiger charge is -2.38. The Morgan fingerprint density at radius 2 is 2.35 bits per heavy atom. The van der Waals surface area contributed by atoms with Crippen LogP contribution < -0.4 is 5.73 Å². The zero-order chi connectivity index (χ0) is 12.5. The zero-order valence-corrected chi connectivity index (χ0v) is 10.3. The summed E-state index contributed by atoms with van der Waals surface area (Å²) in [6.07, 6.45) is 0. The third-order valence-corrected chi connectivity index (χ3v) is 3.53. The van der Waals surface area contributed by atoms with E-state index >= 15 is 0 Å². The van der Waals surface area contributed by atoms with Crippen molar-refractivity contribution in [2.75, 3.05) is 19.7 Å². The van der Waals surface area contributed by atoms with Crippen molar-refractivity contribution in [3.05, 3.63) is 22.4 Å². The molecule has 2 amide bonds. The molecule has 1 saturated heterocycles. The fourth-order valence-electron chi connectivity index (χ4n) is 1.76. The maximum atomic E-state index is 12.1. The van der Waals surface area contributed by atoms with Crippen molar-refractivity contribution >= 4 is 23.2 Å². The number of hydrogen-bond donors (Lipinski definition) is 1. The Labute approximate surface area is 103 Å². The molecular weight excluding hydrogens is 240 g/mol. The van der Waals surface area contributed by atoms with Gasteiger partial charge < -0.3 is 15.4 Å². The maximum absolute atomic E-state index is 12.1. The molecule has 0 aliphatic carbocycles. The molecule has 5 nitrogen and oxygen atoms in total. The number of nitrogens with zero attached hydrogens (tertiary/aromatic N) is 1. The molecule has 1 aliphatic heterocycles. The Hall–Kier alpha value is -1.40. The molecule has 6 heteroatoms. The fraction of sp³-hybridized carbons (Fsp3) is 0.455. The Bertz CT molecular complexity index is 432. The molecule has 0 radical (unpaired) electrons. The van der Waals surface area contributed by atoms with Gasteiger partial charge in [-0.2, -0.15) is 11.3 Å². The minimum atomic E-state index is -1.08. The third kappa shape index (κ3) is 2.32. The number of carbonyl (C=O) groups is 2. The standard InChI is InChI=1S/C11H14N2O3S/c1-11(10(12)15)7-13(3-4-16-11)9(14)8-2-5-17-6-8/h2,5-6H,3-4,7H2,1H3,(H2,12,15)/t11-/m0/s1. The summed E-state index contributed by atoms with van der Waals surface area (Å²) in [5, 5.41) is 3.64. The van der Waals surface area contributed by atoms with Crippen molar-refractivity contribution in [3.8, 4) is 0 Å². The second-order valence-corrected chi connectivity index (χ2v) is 4.96. The first-order chi connectivity index (χ1) is 8.03. The molecule has 1 aliphatic rings. The number of primary amides is 1. The molecule has 1 aromatic heterocycles. The summed E-state index contributed by atoms with van der Waals surface area (Å²) >= 11 is 1.47. The maximum Gasteiger partial charge on any atom is 0.254 e. The lowest BCUT2D eigenvalue weighted by molar-refractivity contribution is -0.150. The molecule has 0 spiro atoms. The summed E-state index contributed by atoms with van der Waals surface area (Å²) < 4.78 is 5.36. The smallest absolute Gasteiger partial charge is 0.254 e. The number of carbonyl (C=O) groups excluding carboxylic acids is 2. The summed E-state index contributed by atoms with van der Waals surface area (Å²) in [5.41, 5.74) is 4.85. The van der Waals surface area contributed by atoms with Gasteiger partial charge in [0.05, 0.1) is 18.7 Å². The van der Waals surface area contributed by atoms with Crippen LogP contribution in [0.25, 0.3) is 0 Å². The van der Waals surface area contributed by atoms with E-state index in [2.05, 4.69) is 0 Å². The highest BCUT2D eigenvalue weighted by Crippen LogP contribution is 2.19. The molecule has 1 atom stereocenters. The van der Waals surface area contributed by atoms with E-state index in [4.69, 9.17) is 10.5 Å². The van der Waals surface area contributed by atoms with Crippen LogP contribution >= 0.6 is 11.3 Å². The molecule has 0 aromatic carbocycles. The van der Waals surface area contributed by atoms with Gasteiger partial charge in [-0.25, -0.2) is 0 Å². The van der Waals surface area contributed by atoms with Crippen LogP contribution in [0.3, 0.4) is 0 Å². The van der Waals surface area contributed by atoms with E-state index < -0.39 is 11.5 Å². The predicted molar refractivity (Wildman–Crippen MR) is 63.8 cm³/mol. The molecule has 0 saturated carbocycles. The van der Waals surface area contributed by atoms with Crippen LogP contribution in [0.5, 0.6) is 0 Å². The second-order valence-electron chi connectivity index (χ2n) is 4.18. The number of thiophene rings is 1. The molecule has 2 heterocycles. The van der Waals surface area contributed by atoms with Gasteiger partial charge in [0.15, 0.2) is 5.60 Å². The fourth-order valence-corrected chi connectivity index (χ4v) is 2.39. The summed E-state index contributed by atoms with van der Waals surface area (Å²) in [4.78, 5) is 25.0. The van der Waals surface area contributed by atoms with Gasteiger partial charge in [0.1, 0.15) is 0 Å². The highest BCUT2D eigenvalue weighted by atomic mass is 32.1. The van der Waals surface area contributed by atoms with Gasteiger partial charge in [-0.15, -0.1) is 0 Å². The minimum absolute atomic E-state index is 0.0815. The molecule has 17 heavy (non-hydrogen) atoms. The van der Waals surface area contributed by atoms with Crippen LogP contribution in [0, 0.1) is 0 Å². The molecule has 1 aromatic rings. The van der Waals surface area contributed by atoms with Crippen molar-refractivity contribution in [2.24, 2.45) is 5.73 Å². The molecular formula is C11H14N2O3S. The summed E-state index contributed by atoms with van der Waals surface area (Å²) in [6.45, 7) is 2.63. The van der Waals surface area contributed by atoms with Crippen LogP contribution in [-0.2, 0) is 9.53 Å². The minimum Gasteiger partial charge on any atom is -0.367 e.